The maximum Gasteiger partial charge on any atom is 0.330 e. The molecule has 0 aromatic heterocycles. The first kappa shape index (κ1) is 19.0. The minimum Gasteiger partial charge on any atom is -0.459 e. The zero-order valence-electron chi connectivity index (χ0n) is 17.1. The van der Waals surface area contributed by atoms with Gasteiger partial charge in [0.05, 0.1) is 0 Å². The van der Waals surface area contributed by atoms with Gasteiger partial charge in [-0.1, -0.05) is 32.1 Å². The van der Waals surface area contributed by atoms with Crippen LogP contribution in [0, 0.1) is 34.5 Å². The second-order valence-corrected chi connectivity index (χ2v) is 10.1. The standard InChI is InChI=1S/C24H34O3/c1-5-22(26)27-17-10-12-23(3)16(14-17)6-7-18-20-9-8-19(15(2)25)24(20,4)13-11-21(18)23/h5-6,17-21H,1,7-14H2,2-4H3/t17-,18-,19+,20-,21-,23-,24+/m0/s1. The minimum absolute atomic E-state index is 0.00815. The van der Waals surface area contributed by atoms with Crippen LogP contribution in [-0.4, -0.2) is 17.9 Å². The van der Waals surface area contributed by atoms with Crippen molar-refractivity contribution in [3.05, 3.63) is 24.3 Å². The molecule has 4 aliphatic carbocycles. The summed E-state index contributed by atoms with van der Waals surface area (Å²) in [6.45, 7) is 10.2. The molecule has 27 heavy (non-hydrogen) atoms. The van der Waals surface area contributed by atoms with Crippen LogP contribution in [0.25, 0.3) is 0 Å². The Kier molecular flexibility index (Phi) is 4.63. The highest BCUT2D eigenvalue weighted by Crippen LogP contribution is 2.66. The summed E-state index contributed by atoms with van der Waals surface area (Å²) in [5, 5.41) is 0. The normalized spacial score (nSPS) is 45.7. The molecule has 4 aliphatic rings. The highest BCUT2D eigenvalue weighted by atomic mass is 16.5. The molecule has 0 unspecified atom stereocenters. The van der Waals surface area contributed by atoms with Crippen LogP contribution in [0.2, 0.25) is 0 Å². The molecule has 3 saturated carbocycles. The SMILES string of the molecule is C=CC(=O)O[C@H]1CC[C@@]2(C)C(=CC[C@H]3[C@@H]4CC[C@H](C(C)=O)[C@@]4(C)CC[C@@H]32)C1. The van der Waals surface area contributed by atoms with Crippen molar-refractivity contribution in [2.45, 2.75) is 78.2 Å². The van der Waals surface area contributed by atoms with E-state index < -0.39 is 0 Å². The fourth-order valence-corrected chi connectivity index (χ4v) is 7.61. The molecule has 0 radical (unpaired) electrons. The Labute approximate surface area is 163 Å². The monoisotopic (exact) mass is 370 g/mol. The Balaban J connectivity index is 1.56. The predicted molar refractivity (Wildman–Crippen MR) is 106 cm³/mol. The molecule has 0 aliphatic heterocycles. The van der Waals surface area contributed by atoms with Gasteiger partial charge in [0, 0.05) is 18.4 Å². The third-order valence-electron chi connectivity index (χ3n) is 9.00. The smallest absolute Gasteiger partial charge is 0.330 e. The largest absolute Gasteiger partial charge is 0.459 e. The molecule has 7 atom stereocenters. The van der Waals surface area contributed by atoms with Gasteiger partial charge in [0.2, 0.25) is 0 Å². The predicted octanol–water partition coefficient (Wildman–Crippen LogP) is 5.25. The summed E-state index contributed by atoms with van der Waals surface area (Å²) in [5.74, 6) is 2.51. The first-order chi connectivity index (χ1) is 12.8. The average molecular weight is 371 g/mol. The zero-order valence-corrected chi connectivity index (χ0v) is 17.1. The topological polar surface area (TPSA) is 43.4 Å². The first-order valence-electron chi connectivity index (χ1n) is 10.8. The average Bonchev–Trinajstić information content (AvgIpc) is 2.99. The van der Waals surface area contributed by atoms with Crippen LogP contribution in [0.5, 0.6) is 0 Å². The lowest BCUT2D eigenvalue weighted by atomic mass is 9.47. The molecule has 4 rings (SSSR count). The van der Waals surface area contributed by atoms with E-state index >= 15 is 0 Å². The molecule has 3 heteroatoms. The second-order valence-electron chi connectivity index (χ2n) is 10.1. The fraction of sp³-hybridized carbons (Fsp3) is 0.750. The van der Waals surface area contributed by atoms with Gasteiger partial charge >= 0.3 is 5.97 Å². The van der Waals surface area contributed by atoms with Crippen molar-refractivity contribution in [1.29, 1.82) is 0 Å². The molecule has 148 valence electrons. The summed E-state index contributed by atoms with van der Waals surface area (Å²) in [7, 11) is 0. The number of hydrogen-bond acceptors (Lipinski definition) is 3. The quantitative estimate of drug-likeness (QED) is 0.387. The van der Waals surface area contributed by atoms with Gasteiger partial charge < -0.3 is 4.74 Å². The highest BCUT2D eigenvalue weighted by Gasteiger charge is 2.59. The number of carbonyl (C=O) groups is 2. The van der Waals surface area contributed by atoms with Gasteiger partial charge in [-0.15, -0.1) is 0 Å². The van der Waals surface area contributed by atoms with Crippen LogP contribution in [0.4, 0.5) is 0 Å². The van der Waals surface area contributed by atoms with E-state index in [0.29, 0.717) is 17.6 Å². The van der Waals surface area contributed by atoms with E-state index in [-0.39, 0.29) is 28.8 Å². The maximum absolute atomic E-state index is 12.2. The van der Waals surface area contributed by atoms with Gasteiger partial charge in [-0.05, 0) is 80.5 Å². The number of Topliss-reactive ketones (excluding diaryl/α,β-unsaturated/α-hetero) is 1. The number of ether oxygens (including phenoxy) is 1. The summed E-state index contributed by atoms with van der Waals surface area (Å²) >= 11 is 0. The molecule has 0 N–H and O–H groups in total. The van der Waals surface area contributed by atoms with Crippen LogP contribution in [-0.2, 0) is 14.3 Å². The first-order valence-corrected chi connectivity index (χ1v) is 10.8. The van der Waals surface area contributed by atoms with E-state index in [9.17, 15) is 9.59 Å². The molecule has 0 aromatic rings. The Morgan fingerprint density at radius 3 is 2.63 bits per heavy atom. The second kappa shape index (κ2) is 6.60. The van der Waals surface area contributed by atoms with Gasteiger partial charge in [-0.2, -0.15) is 0 Å². The molecule has 0 saturated heterocycles. The van der Waals surface area contributed by atoms with Crippen LogP contribution < -0.4 is 0 Å². The van der Waals surface area contributed by atoms with Gasteiger partial charge in [0.1, 0.15) is 11.9 Å². The zero-order chi connectivity index (χ0) is 19.4. The van der Waals surface area contributed by atoms with E-state index in [1.165, 1.54) is 30.9 Å². The van der Waals surface area contributed by atoms with E-state index in [4.69, 9.17) is 4.74 Å². The number of ketones is 1. The van der Waals surface area contributed by atoms with E-state index in [1.54, 1.807) is 6.92 Å². The van der Waals surface area contributed by atoms with Crippen molar-refractivity contribution in [1.82, 2.24) is 0 Å². The van der Waals surface area contributed by atoms with Gasteiger partial charge in [0.25, 0.3) is 0 Å². The van der Waals surface area contributed by atoms with Crippen molar-refractivity contribution in [3.63, 3.8) is 0 Å². The summed E-state index contributed by atoms with van der Waals surface area (Å²) in [5.41, 5.74) is 1.97. The van der Waals surface area contributed by atoms with E-state index in [1.807, 2.05) is 0 Å². The van der Waals surface area contributed by atoms with Gasteiger partial charge in [-0.3, -0.25) is 4.79 Å². The summed E-state index contributed by atoms with van der Waals surface area (Å²) in [4.78, 5) is 23.9. The summed E-state index contributed by atoms with van der Waals surface area (Å²) in [6, 6.07) is 0. The van der Waals surface area contributed by atoms with Crippen LogP contribution >= 0.6 is 0 Å². The Hall–Kier alpha value is -1.38. The fourth-order valence-electron chi connectivity index (χ4n) is 7.61. The van der Waals surface area contributed by atoms with Crippen molar-refractivity contribution in [2.24, 2.45) is 34.5 Å². The molecule has 0 aromatic carbocycles. The molecule has 3 nitrogen and oxygen atoms in total. The molecule has 0 heterocycles. The van der Waals surface area contributed by atoms with Gasteiger partial charge in [0.15, 0.2) is 0 Å². The molecule has 0 bridgehead atoms. The van der Waals surface area contributed by atoms with E-state index in [0.717, 1.165) is 38.0 Å². The van der Waals surface area contributed by atoms with Crippen molar-refractivity contribution in [3.8, 4) is 0 Å². The van der Waals surface area contributed by atoms with Crippen molar-refractivity contribution < 1.29 is 14.3 Å². The molecule has 0 spiro atoms. The number of rotatable bonds is 3. The molecule has 3 fully saturated rings. The third kappa shape index (κ3) is 2.84. The lowest BCUT2D eigenvalue weighted by Gasteiger charge is -2.58. The van der Waals surface area contributed by atoms with Crippen molar-refractivity contribution >= 4 is 11.8 Å². The highest BCUT2D eigenvalue weighted by molar-refractivity contribution is 5.81. The molecule has 0 amide bonds. The number of carbonyl (C=O) groups excluding carboxylic acids is 2. The number of esters is 1. The number of hydrogen-bond donors (Lipinski definition) is 0. The van der Waals surface area contributed by atoms with E-state index in [2.05, 4.69) is 26.5 Å². The Bertz CT molecular complexity index is 692. The van der Waals surface area contributed by atoms with Crippen LogP contribution in [0.3, 0.4) is 0 Å². The third-order valence-corrected chi connectivity index (χ3v) is 9.00. The van der Waals surface area contributed by atoms with Gasteiger partial charge in [-0.25, -0.2) is 4.79 Å². The summed E-state index contributed by atoms with van der Waals surface area (Å²) in [6.07, 6.45) is 12.6. The lowest BCUT2D eigenvalue weighted by Crippen LogP contribution is -2.51. The van der Waals surface area contributed by atoms with Crippen molar-refractivity contribution in [2.75, 3.05) is 0 Å². The Morgan fingerprint density at radius 2 is 1.93 bits per heavy atom. The van der Waals surface area contributed by atoms with Crippen LogP contribution in [0.15, 0.2) is 24.3 Å². The Morgan fingerprint density at radius 1 is 1.15 bits per heavy atom. The van der Waals surface area contributed by atoms with Crippen LogP contribution in [0.1, 0.15) is 72.1 Å². The summed E-state index contributed by atoms with van der Waals surface area (Å²) < 4.78 is 5.56. The molecular formula is C24H34O3. The number of allylic oxidation sites excluding steroid dienone is 1. The molecular weight excluding hydrogens is 336 g/mol. The maximum atomic E-state index is 12.2. The lowest BCUT2D eigenvalue weighted by molar-refractivity contribution is -0.145. The number of fused-ring (bicyclic) bond motifs is 5. The minimum atomic E-state index is -0.299.